The number of hydrogen-bond acceptors (Lipinski definition) is 5. The fourth-order valence-corrected chi connectivity index (χ4v) is 4.28. The maximum Gasteiger partial charge on any atom is 0.237 e. The van der Waals surface area contributed by atoms with Gasteiger partial charge in [-0.25, -0.2) is 4.39 Å². The number of carbonyl (C=O) groups is 2. The first-order chi connectivity index (χ1) is 14.4. The van der Waals surface area contributed by atoms with Gasteiger partial charge in [0, 0.05) is 25.2 Å². The standard InChI is InChI=1S/C21H28FN5O2S/c1-4-27-18(13-26-11-7-5-6-8-19(26)28)24-25-21(27)30-15(3)20(29)23-16-10-9-14(2)17(22)12-16/h9-10,12,15H,4-8,11,13H2,1-3H3,(H,23,29)/t15-/m1/s1. The molecule has 7 nitrogen and oxygen atoms in total. The van der Waals surface area contributed by atoms with Crippen molar-refractivity contribution >= 4 is 29.3 Å². The number of aryl methyl sites for hydroxylation is 1. The summed E-state index contributed by atoms with van der Waals surface area (Å²) in [7, 11) is 0. The molecule has 1 atom stereocenters. The molecular formula is C21H28FN5O2S. The summed E-state index contributed by atoms with van der Waals surface area (Å²) in [6.45, 7) is 7.25. The van der Waals surface area contributed by atoms with Crippen LogP contribution in [0, 0.1) is 12.7 Å². The minimum Gasteiger partial charge on any atom is -0.335 e. The van der Waals surface area contributed by atoms with Crippen molar-refractivity contribution in [3.05, 3.63) is 35.4 Å². The van der Waals surface area contributed by atoms with E-state index < -0.39 is 5.25 Å². The monoisotopic (exact) mass is 433 g/mol. The molecule has 162 valence electrons. The Balaban J connectivity index is 1.66. The van der Waals surface area contributed by atoms with Crippen LogP contribution in [0.15, 0.2) is 23.4 Å². The minimum atomic E-state index is -0.448. The second-order valence-electron chi connectivity index (χ2n) is 7.48. The molecule has 1 N–H and O–H groups in total. The molecule has 1 fully saturated rings. The molecule has 0 saturated carbocycles. The SMILES string of the molecule is CCn1c(CN2CCCCCC2=O)nnc1S[C@H](C)C(=O)Nc1ccc(C)c(F)c1. The van der Waals surface area contributed by atoms with Crippen LogP contribution in [-0.4, -0.2) is 43.3 Å². The van der Waals surface area contributed by atoms with Crippen molar-refractivity contribution in [2.24, 2.45) is 0 Å². The van der Waals surface area contributed by atoms with E-state index in [1.54, 1.807) is 26.0 Å². The number of halogens is 1. The molecule has 2 heterocycles. The van der Waals surface area contributed by atoms with E-state index in [1.165, 1.54) is 17.8 Å². The summed E-state index contributed by atoms with van der Waals surface area (Å²) < 4.78 is 15.7. The van der Waals surface area contributed by atoms with Gasteiger partial charge < -0.3 is 14.8 Å². The molecular weight excluding hydrogens is 405 g/mol. The Morgan fingerprint density at radius 2 is 2.10 bits per heavy atom. The van der Waals surface area contributed by atoms with Crippen molar-refractivity contribution in [1.29, 1.82) is 0 Å². The van der Waals surface area contributed by atoms with Crippen LogP contribution < -0.4 is 5.32 Å². The molecule has 2 aromatic rings. The maximum absolute atomic E-state index is 13.7. The Kier molecular flexibility index (Phi) is 7.47. The molecule has 1 aliphatic rings. The van der Waals surface area contributed by atoms with Gasteiger partial charge in [0.2, 0.25) is 11.8 Å². The first-order valence-corrected chi connectivity index (χ1v) is 11.2. The predicted molar refractivity (Wildman–Crippen MR) is 115 cm³/mol. The van der Waals surface area contributed by atoms with Gasteiger partial charge >= 0.3 is 0 Å². The van der Waals surface area contributed by atoms with Gasteiger partial charge in [-0.1, -0.05) is 24.2 Å². The number of benzene rings is 1. The van der Waals surface area contributed by atoms with Gasteiger partial charge in [0.1, 0.15) is 5.82 Å². The van der Waals surface area contributed by atoms with Crippen LogP contribution in [-0.2, 0) is 22.7 Å². The predicted octanol–water partition coefficient (Wildman–Crippen LogP) is 3.77. The zero-order valence-corrected chi connectivity index (χ0v) is 18.5. The summed E-state index contributed by atoms with van der Waals surface area (Å²) in [6.07, 6.45) is 3.60. The third kappa shape index (κ3) is 5.38. The lowest BCUT2D eigenvalue weighted by molar-refractivity contribution is -0.131. The average Bonchev–Trinajstić information content (AvgIpc) is 2.98. The lowest BCUT2D eigenvalue weighted by atomic mass is 10.2. The fourth-order valence-electron chi connectivity index (χ4n) is 3.34. The van der Waals surface area contributed by atoms with E-state index in [-0.39, 0.29) is 17.6 Å². The number of amides is 2. The Bertz CT molecular complexity index is 917. The first-order valence-electron chi connectivity index (χ1n) is 10.3. The molecule has 3 rings (SSSR count). The number of anilines is 1. The van der Waals surface area contributed by atoms with Crippen LogP contribution >= 0.6 is 11.8 Å². The summed E-state index contributed by atoms with van der Waals surface area (Å²) in [6, 6.07) is 4.63. The highest BCUT2D eigenvalue weighted by Gasteiger charge is 2.23. The zero-order valence-electron chi connectivity index (χ0n) is 17.7. The third-order valence-electron chi connectivity index (χ3n) is 5.20. The Morgan fingerprint density at radius 3 is 2.83 bits per heavy atom. The molecule has 0 unspecified atom stereocenters. The number of aromatic nitrogens is 3. The summed E-state index contributed by atoms with van der Waals surface area (Å²) in [5.41, 5.74) is 0.953. The summed E-state index contributed by atoms with van der Waals surface area (Å²) in [5.74, 6) is 0.290. The maximum atomic E-state index is 13.7. The topological polar surface area (TPSA) is 80.1 Å². The molecule has 1 aromatic heterocycles. The van der Waals surface area contributed by atoms with E-state index in [1.807, 2.05) is 16.4 Å². The van der Waals surface area contributed by atoms with Crippen molar-refractivity contribution in [3.8, 4) is 0 Å². The number of nitrogens with zero attached hydrogens (tertiary/aromatic N) is 4. The third-order valence-corrected chi connectivity index (χ3v) is 6.28. The minimum absolute atomic E-state index is 0.158. The summed E-state index contributed by atoms with van der Waals surface area (Å²) in [4.78, 5) is 26.7. The molecule has 0 spiro atoms. The van der Waals surface area contributed by atoms with E-state index in [4.69, 9.17) is 0 Å². The Labute approximate surface area is 180 Å². The van der Waals surface area contributed by atoms with Gasteiger partial charge in [-0.2, -0.15) is 0 Å². The van der Waals surface area contributed by atoms with Gasteiger partial charge in [0.15, 0.2) is 11.0 Å². The van der Waals surface area contributed by atoms with Gasteiger partial charge in [-0.15, -0.1) is 10.2 Å². The highest BCUT2D eigenvalue weighted by atomic mass is 32.2. The second kappa shape index (κ2) is 10.1. The molecule has 1 saturated heterocycles. The molecule has 30 heavy (non-hydrogen) atoms. The lowest BCUT2D eigenvalue weighted by Gasteiger charge is -2.20. The van der Waals surface area contributed by atoms with E-state index in [0.717, 1.165) is 31.6 Å². The van der Waals surface area contributed by atoms with Crippen LogP contribution in [0.3, 0.4) is 0 Å². The highest BCUT2D eigenvalue weighted by molar-refractivity contribution is 8.00. The lowest BCUT2D eigenvalue weighted by Crippen LogP contribution is -2.31. The quantitative estimate of drug-likeness (QED) is 0.673. The van der Waals surface area contributed by atoms with Crippen molar-refractivity contribution in [2.45, 2.75) is 70.0 Å². The van der Waals surface area contributed by atoms with Crippen LogP contribution in [0.1, 0.15) is 50.9 Å². The molecule has 0 bridgehead atoms. The first kappa shape index (κ1) is 22.3. The van der Waals surface area contributed by atoms with Crippen LogP contribution in [0.25, 0.3) is 0 Å². The Morgan fingerprint density at radius 1 is 1.30 bits per heavy atom. The van der Waals surface area contributed by atoms with Crippen LogP contribution in [0.2, 0.25) is 0 Å². The van der Waals surface area contributed by atoms with Crippen LogP contribution in [0.4, 0.5) is 10.1 Å². The van der Waals surface area contributed by atoms with E-state index in [0.29, 0.717) is 35.9 Å². The van der Waals surface area contributed by atoms with Crippen molar-refractivity contribution in [3.63, 3.8) is 0 Å². The average molecular weight is 434 g/mol. The van der Waals surface area contributed by atoms with Gasteiger partial charge in [-0.3, -0.25) is 9.59 Å². The molecule has 0 radical (unpaired) electrons. The Hall–Kier alpha value is -2.42. The normalized spacial score (nSPS) is 15.7. The second-order valence-corrected chi connectivity index (χ2v) is 8.79. The van der Waals surface area contributed by atoms with Gasteiger partial charge in [0.25, 0.3) is 0 Å². The summed E-state index contributed by atoms with van der Waals surface area (Å²) >= 11 is 1.30. The van der Waals surface area contributed by atoms with Crippen molar-refractivity contribution in [1.82, 2.24) is 19.7 Å². The van der Waals surface area contributed by atoms with Gasteiger partial charge in [0.05, 0.1) is 11.8 Å². The van der Waals surface area contributed by atoms with Gasteiger partial charge in [-0.05, 0) is 51.3 Å². The smallest absolute Gasteiger partial charge is 0.237 e. The molecule has 0 aliphatic carbocycles. The van der Waals surface area contributed by atoms with Crippen molar-refractivity contribution < 1.29 is 14.0 Å². The highest BCUT2D eigenvalue weighted by Crippen LogP contribution is 2.25. The molecule has 2 amide bonds. The number of carbonyl (C=O) groups excluding carboxylic acids is 2. The molecule has 1 aliphatic heterocycles. The number of rotatable bonds is 7. The number of likely N-dealkylation sites (tertiary alicyclic amines) is 1. The van der Waals surface area contributed by atoms with Crippen molar-refractivity contribution in [2.75, 3.05) is 11.9 Å². The fraction of sp³-hybridized carbons (Fsp3) is 0.524. The largest absolute Gasteiger partial charge is 0.335 e. The number of hydrogen-bond donors (Lipinski definition) is 1. The van der Waals surface area contributed by atoms with E-state index in [2.05, 4.69) is 15.5 Å². The summed E-state index contributed by atoms with van der Waals surface area (Å²) in [5, 5.41) is 11.5. The zero-order chi connectivity index (χ0) is 21.7. The van der Waals surface area contributed by atoms with E-state index >= 15 is 0 Å². The molecule has 9 heteroatoms. The van der Waals surface area contributed by atoms with Crippen LogP contribution in [0.5, 0.6) is 0 Å². The van der Waals surface area contributed by atoms with E-state index in [9.17, 15) is 14.0 Å². The number of thioether (sulfide) groups is 1. The number of nitrogens with one attached hydrogen (secondary N) is 1. The molecule has 1 aromatic carbocycles.